The zero-order valence-corrected chi connectivity index (χ0v) is 9.83. The molecule has 0 unspecified atom stereocenters. The van der Waals surface area contributed by atoms with Crippen LogP contribution in [0.1, 0.15) is 20.3 Å². The number of allylic oxidation sites excluding steroid dienone is 1. The molecular weight excluding hydrogens is 184 g/mol. The molecule has 3 nitrogen and oxygen atoms in total. The highest BCUT2D eigenvalue weighted by atomic mass is 28.2. The molecule has 0 fully saturated rings. The third-order valence-electron chi connectivity index (χ3n) is 1.43. The Hall–Kier alpha value is -0.613. The van der Waals surface area contributed by atoms with Crippen LogP contribution in [0, 0.1) is 0 Å². The topological polar surface area (TPSA) is 35.5 Å². The van der Waals surface area contributed by atoms with E-state index in [1.165, 1.54) is 6.08 Å². The largest absolute Gasteiger partial charge is 0.463 e. The van der Waals surface area contributed by atoms with E-state index in [-0.39, 0.29) is 15.7 Å². The van der Waals surface area contributed by atoms with Crippen LogP contribution in [0.15, 0.2) is 12.2 Å². The summed E-state index contributed by atoms with van der Waals surface area (Å²) < 4.78 is 10.2. The molecule has 0 saturated heterocycles. The maximum absolute atomic E-state index is 10.8. The van der Waals surface area contributed by atoms with Gasteiger partial charge in [0.25, 0.3) is 0 Å². The molecule has 0 amide bonds. The highest BCUT2D eigenvalue weighted by Gasteiger charge is 1.95. The molecule has 0 aliphatic rings. The monoisotopic (exact) mass is 202 g/mol. The summed E-state index contributed by atoms with van der Waals surface area (Å²) in [5.74, 6) is -0.249. The SMILES string of the molecule is CC=CC(=O)OCCC[SiH2]OCC. The molecule has 0 radical (unpaired) electrons. The van der Waals surface area contributed by atoms with Crippen LogP contribution in [0.25, 0.3) is 0 Å². The molecule has 0 N–H and O–H groups in total. The van der Waals surface area contributed by atoms with Gasteiger partial charge in [0.2, 0.25) is 0 Å². The summed E-state index contributed by atoms with van der Waals surface area (Å²) in [5.41, 5.74) is 0. The molecule has 0 rings (SSSR count). The standard InChI is InChI=1S/C9H18O3Si/c1-3-6-9(10)11-7-5-8-13-12-4-2/h3,6H,4-5,7-8,13H2,1-2H3. The van der Waals surface area contributed by atoms with Crippen molar-refractivity contribution in [1.29, 1.82) is 0 Å². The van der Waals surface area contributed by atoms with E-state index < -0.39 is 0 Å². The van der Waals surface area contributed by atoms with Gasteiger partial charge in [-0.1, -0.05) is 6.08 Å². The van der Waals surface area contributed by atoms with Crippen molar-refractivity contribution in [2.45, 2.75) is 26.3 Å². The van der Waals surface area contributed by atoms with Gasteiger partial charge in [0.1, 0.15) is 0 Å². The Labute approximate surface area is 82.1 Å². The van der Waals surface area contributed by atoms with Crippen LogP contribution in [0.5, 0.6) is 0 Å². The molecule has 0 aromatic heterocycles. The van der Waals surface area contributed by atoms with Crippen LogP contribution in [0.2, 0.25) is 6.04 Å². The van der Waals surface area contributed by atoms with Crippen molar-refractivity contribution < 1.29 is 14.0 Å². The van der Waals surface area contributed by atoms with Crippen LogP contribution in [-0.4, -0.2) is 28.9 Å². The van der Waals surface area contributed by atoms with E-state index in [9.17, 15) is 4.79 Å². The Kier molecular flexibility index (Phi) is 9.03. The minimum Gasteiger partial charge on any atom is -0.463 e. The Balaban J connectivity index is 3.11. The van der Waals surface area contributed by atoms with Crippen LogP contribution in [0.3, 0.4) is 0 Å². The Morgan fingerprint density at radius 2 is 2.31 bits per heavy atom. The van der Waals surface area contributed by atoms with E-state index in [4.69, 9.17) is 9.16 Å². The van der Waals surface area contributed by atoms with Crippen molar-refractivity contribution in [3.8, 4) is 0 Å². The zero-order valence-electron chi connectivity index (χ0n) is 8.41. The third-order valence-corrected chi connectivity index (χ3v) is 2.92. The van der Waals surface area contributed by atoms with Crippen molar-refractivity contribution >= 4 is 15.7 Å². The molecule has 0 atom stereocenters. The summed E-state index contributed by atoms with van der Waals surface area (Å²) in [6.45, 7) is 5.12. The van der Waals surface area contributed by atoms with Crippen LogP contribution < -0.4 is 0 Å². The average Bonchev–Trinajstić information content (AvgIpc) is 2.11. The van der Waals surface area contributed by atoms with Crippen molar-refractivity contribution in [3.05, 3.63) is 12.2 Å². The fourth-order valence-corrected chi connectivity index (χ4v) is 1.71. The van der Waals surface area contributed by atoms with Crippen molar-refractivity contribution in [3.63, 3.8) is 0 Å². The van der Waals surface area contributed by atoms with E-state index in [0.717, 1.165) is 19.1 Å². The molecule has 0 saturated carbocycles. The Morgan fingerprint density at radius 3 is 2.92 bits per heavy atom. The van der Waals surface area contributed by atoms with E-state index in [0.29, 0.717) is 6.61 Å². The van der Waals surface area contributed by atoms with Crippen molar-refractivity contribution in [2.24, 2.45) is 0 Å². The first kappa shape index (κ1) is 12.4. The molecule has 0 aromatic rings. The molecule has 0 aromatic carbocycles. The fourth-order valence-electron chi connectivity index (χ4n) is 0.807. The van der Waals surface area contributed by atoms with E-state index in [2.05, 4.69) is 0 Å². The van der Waals surface area contributed by atoms with E-state index in [1.54, 1.807) is 13.0 Å². The predicted molar refractivity (Wildman–Crippen MR) is 55.4 cm³/mol. The van der Waals surface area contributed by atoms with Gasteiger partial charge >= 0.3 is 5.97 Å². The first-order valence-electron chi connectivity index (χ1n) is 4.68. The molecule has 0 spiro atoms. The number of carbonyl (C=O) groups excluding carboxylic acids is 1. The molecule has 4 heteroatoms. The summed E-state index contributed by atoms with van der Waals surface area (Å²) in [5, 5.41) is 0. The lowest BCUT2D eigenvalue weighted by Gasteiger charge is -2.01. The summed E-state index contributed by atoms with van der Waals surface area (Å²) in [7, 11) is -0.354. The second kappa shape index (κ2) is 9.47. The maximum atomic E-state index is 10.8. The third kappa shape index (κ3) is 9.30. The number of hydrogen-bond acceptors (Lipinski definition) is 3. The van der Waals surface area contributed by atoms with Gasteiger partial charge in [-0.25, -0.2) is 4.79 Å². The quantitative estimate of drug-likeness (QED) is 0.268. The second-order valence-corrected chi connectivity index (χ2v) is 4.10. The smallest absolute Gasteiger partial charge is 0.330 e. The number of ether oxygens (including phenoxy) is 1. The highest BCUT2D eigenvalue weighted by molar-refractivity contribution is 6.26. The van der Waals surface area contributed by atoms with Crippen LogP contribution in [-0.2, 0) is 14.0 Å². The highest BCUT2D eigenvalue weighted by Crippen LogP contribution is 1.92. The maximum Gasteiger partial charge on any atom is 0.330 e. The Morgan fingerprint density at radius 1 is 1.54 bits per heavy atom. The summed E-state index contributed by atoms with van der Waals surface area (Å²) in [6.07, 6.45) is 4.03. The van der Waals surface area contributed by atoms with Crippen LogP contribution >= 0.6 is 0 Å². The number of hydrogen-bond donors (Lipinski definition) is 0. The van der Waals surface area contributed by atoms with Gasteiger partial charge in [0.15, 0.2) is 9.76 Å². The number of esters is 1. The molecular formula is C9H18O3Si. The van der Waals surface area contributed by atoms with Crippen molar-refractivity contribution in [1.82, 2.24) is 0 Å². The minimum atomic E-state index is -0.354. The second-order valence-electron chi connectivity index (χ2n) is 2.57. The van der Waals surface area contributed by atoms with Gasteiger partial charge < -0.3 is 9.16 Å². The summed E-state index contributed by atoms with van der Waals surface area (Å²) in [6, 6.07) is 1.08. The minimum absolute atomic E-state index is 0.249. The van der Waals surface area contributed by atoms with E-state index in [1.807, 2.05) is 6.92 Å². The normalized spacial score (nSPS) is 11.5. The molecule has 0 heterocycles. The molecule has 76 valence electrons. The lowest BCUT2D eigenvalue weighted by molar-refractivity contribution is -0.137. The van der Waals surface area contributed by atoms with Gasteiger partial charge in [-0.15, -0.1) is 0 Å². The van der Waals surface area contributed by atoms with Crippen LogP contribution in [0.4, 0.5) is 0 Å². The lowest BCUT2D eigenvalue weighted by Crippen LogP contribution is -2.04. The molecule has 0 aliphatic carbocycles. The number of carbonyl (C=O) groups is 1. The zero-order chi connectivity index (χ0) is 9.94. The Bertz CT molecular complexity index is 157. The van der Waals surface area contributed by atoms with Gasteiger partial charge in [-0.2, -0.15) is 0 Å². The van der Waals surface area contributed by atoms with Gasteiger partial charge in [0, 0.05) is 12.7 Å². The number of rotatable bonds is 7. The predicted octanol–water partition coefficient (Wildman–Crippen LogP) is 1.03. The lowest BCUT2D eigenvalue weighted by atomic mass is 10.5. The van der Waals surface area contributed by atoms with Crippen molar-refractivity contribution in [2.75, 3.05) is 13.2 Å². The first-order valence-corrected chi connectivity index (χ1v) is 6.26. The summed E-state index contributed by atoms with van der Waals surface area (Å²) >= 11 is 0. The molecule has 0 bridgehead atoms. The summed E-state index contributed by atoms with van der Waals surface area (Å²) in [4.78, 5) is 10.8. The van der Waals surface area contributed by atoms with E-state index >= 15 is 0 Å². The van der Waals surface area contributed by atoms with Gasteiger partial charge in [-0.05, 0) is 26.3 Å². The molecule has 13 heavy (non-hydrogen) atoms. The average molecular weight is 202 g/mol. The van der Waals surface area contributed by atoms with Gasteiger partial charge in [-0.3, -0.25) is 0 Å². The van der Waals surface area contributed by atoms with Gasteiger partial charge in [0.05, 0.1) is 6.61 Å². The first-order chi connectivity index (χ1) is 6.31. The fraction of sp³-hybridized carbons (Fsp3) is 0.667. The molecule has 0 aliphatic heterocycles.